The minimum atomic E-state index is -4.73. The van der Waals surface area contributed by atoms with Crippen LogP contribution < -0.4 is 14.5 Å². The zero-order chi connectivity index (χ0) is 26.3. The maximum atomic E-state index is 13.1. The molecule has 0 heterocycles. The fraction of sp³-hybridized carbons (Fsp3) is 0.167. The summed E-state index contributed by atoms with van der Waals surface area (Å²) in [4.78, 5) is 12.3. The third-order valence-corrected chi connectivity index (χ3v) is 6.21. The van der Waals surface area contributed by atoms with Crippen molar-refractivity contribution in [1.29, 1.82) is 0 Å². The normalized spacial score (nSPS) is 11.9. The van der Waals surface area contributed by atoms with Crippen molar-refractivity contribution < 1.29 is 31.1 Å². The Hall–Kier alpha value is -3.57. The van der Waals surface area contributed by atoms with Crippen molar-refractivity contribution in [3.8, 4) is 5.75 Å². The summed E-state index contributed by atoms with van der Waals surface area (Å²) in [6.07, 6.45) is -2.65. The number of benzene rings is 3. The van der Waals surface area contributed by atoms with Crippen LogP contribution in [0.3, 0.4) is 0 Å². The molecule has 0 aliphatic carbocycles. The highest BCUT2D eigenvalue weighted by Gasteiger charge is 2.33. The molecule has 3 aromatic rings. The van der Waals surface area contributed by atoms with Gasteiger partial charge in [-0.25, -0.2) is 13.8 Å². The Balaban J connectivity index is 1.63. The molecule has 1 N–H and O–H groups in total. The van der Waals surface area contributed by atoms with Crippen molar-refractivity contribution in [2.75, 3.05) is 17.1 Å². The number of hydrogen-bond donors (Lipinski definition) is 1. The first-order chi connectivity index (χ1) is 16.9. The molecule has 3 aromatic carbocycles. The topological polar surface area (TPSA) is 88.1 Å². The molecule has 0 saturated carbocycles. The molecular formula is C24H21ClF3N3O4S. The molecule has 12 heteroatoms. The van der Waals surface area contributed by atoms with Crippen LogP contribution >= 0.6 is 11.6 Å². The van der Waals surface area contributed by atoms with Gasteiger partial charge in [-0.15, -0.1) is 0 Å². The molecular weight excluding hydrogens is 519 g/mol. The first-order valence-corrected chi connectivity index (χ1v) is 12.6. The van der Waals surface area contributed by atoms with E-state index < -0.39 is 39.9 Å². The molecule has 1 amide bonds. The lowest BCUT2D eigenvalue weighted by Crippen LogP contribution is -2.39. The smallest absolute Gasteiger partial charge is 0.416 e. The fourth-order valence-corrected chi connectivity index (χ4v) is 4.13. The van der Waals surface area contributed by atoms with Gasteiger partial charge in [0, 0.05) is 0 Å². The summed E-state index contributed by atoms with van der Waals surface area (Å²) >= 11 is 5.94. The summed E-state index contributed by atoms with van der Waals surface area (Å²) < 4.78 is 69.8. The van der Waals surface area contributed by atoms with Crippen LogP contribution in [0, 0.1) is 0 Å². The van der Waals surface area contributed by atoms with E-state index in [0.717, 1.165) is 17.9 Å². The zero-order valence-corrected chi connectivity index (χ0v) is 20.4. The molecule has 0 atom stereocenters. The number of halogens is 4. The lowest BCUT2D eigenvalue weighted by Gasteiger charge is -2.23. The summed E-state index contributed by atoms with van der Waals surface area (Å²) in [6, 6.07) is 18.6. The number of alkyl halides is 3. The molecule has 0 aromatic heterocycles. The van der Waals surface area contributed by atoms with E-state index in [4.69, 9.17) is 16.3 Å². The molecule has 36 heavy (non-hydrogen) atoms. The summed E-state index contributed by atoms with van der Waals surface area (Å²) in [6.45, 7) is -0.430. The van der Waals surface area contributed by atoms with E-state index in [-0.39, 0.29) is 5.02 Å². The predicted octanol–water partition coefficient (Wildman–Crippen LogP) is 4.85. The van der Waals surface area contributed by atoms with E-state index in [0.29, 0.717) is 34.4 Å². The highest BCUT2D eigenvalue weighted by molar-refractivity contribution is 7.92. The van der Waals surface area contributed by atoms with Crippen molar-refractivity contribution in [3.05, 3.63) is 94.5 Å². The molecule has 0 fully saturated rings. The molecule has 0 unspecified atom stereocenters. The highest BCUT2D eigenvalue weighted by Crippen LogP contribution is 2.36. The van der Waals surface area contributed by atoms with Crippen LogP contribution in [-0.2, 0) is 27.6 Å². The van der Waals surface area contributed by atoms with E-state index in [2.05, 4.69) is 10.5 Å². The van der Waals surface area contributed by atoms with Crippen molar-refractivity contribution in [2.45, 2.75) is 12.8 Å². The Labute approximate surface area is 211 Å². The predicted molar refractivity (Wildman–Crippen MR) is 132 cm³/mol. The summed E-state index contributed by atoms with van der Waals surface area (Å²) in [5.41, 5.74) is 2.21. The van der Waals surface area contributed by atoms with Gasteiger partial charge in [0.05, 0.1) is 28.7 Å². The Morgan fingerprint density at radius 3 is 2.36 bits per heavy atom. The Bertz CT molecular complexity index is 1330. The molecule has 0 radical (unpaired) electrons. The van der Waals surface area contributed by atoms with Crippen LogP contribution in [0.25, 0.3) is 0 Å². The minimum Gasteiger partial charge on any atom is -0.489 e. The Morgan fingerprint density at radius 2 is 1.75 bits per heavy atom. The van der Waals surface area contributed by atoms with E-state index in [1.807, 2.05) is 30.3 Å². The molecule has 0 saturated heterocycles. The third kappa shape index (κ3) is 7.72. The standard InChI is InChI=1S/C24H21ClF3N3O4S/c1-36(33,34)31(22-13-19(24(26,27)28)9-12-21(22)25)15-23(32)30-29-14-17-7-10-20(11-8-17)35-16-18-5-3-2-4-6-18/h2-14H,15-16H2,1H3,(H,30,32)/b29-14-. The maximum Gasteiger partial charge on any atom is 0.416 e. The van der Waals surface area contributed by atoms with Crippen LogP contribution in [0.4, 0.5) is 18.9 Å². The van der Waals surface area contributed by atoms with Gasteiger partial charge in [-0.1, -0.05) is 41.9 Å². The van der Waals surface area contributed by atoms with Crippen LogP contribution in [0.1, 0.15) is 16.7 Å². The van der Waals surface area contributed by atoms with Crippen molar-refractivity contribution in [3.63, 3.8) is 0 Å². The average molecular weight is 540 g/mol. The van der Waals surface area contributed by atoms with Crippen molar-refractivity contribution in [2.24, 2.45) is 5.10 Å². The summed E-state index contributed by atoms with van der Waals surface area (Å²) in [5, 5.41) is 3.51. The SMILES string of the molecule is CS(=O)(=O)N(CC(=O)N/N=C\c1ccc(OCc2ccccc2)cc1)c1cc(C(F)(F)F)ccc1Cl. The monoisotopic (exact) mass is 539 g/mol. The van der Waals surface area contributed by atoms with E-state index in [1.165, 1.54) is 6.21 Å². The molecule has 0 bridgehead atoms. The second-order valence-electron chi connectivity index (χ2n) is 7.57. The quantitative estimate of drug-likeness (QED) is 0.311. The van der Waals surface area contributed by atoms with Gasteiger partial charge in [0.1, 0.15) is 18.9 Å². The number of anilines is 1. The zero-order valence-electron chi connectivity index (χ0n) is 18.9. The lowest BCUT2D eigenvalue weighted by molar-refractivity contribution is -0.137. The molecule has 7 nitrogen and oxygen atoms in total. The average Bonchev–Trinajstić information content (AvgIpc) is 2.82. The van der Waals surface area contributed by atoms with Gasteiger partial charge in [-0.3, -0.25) is 9.10 Å². The van der Waals surface area contributed by atoms with Crippen LogP contribution in [-0.4, -0.2) is 33.3 Å². The lowest BCUT2D eigenvalue weighted by atomic mass is 10.2. The number of sulfonamides is 1. The first-order valence-electron chi connectivity index (χ1n) is 10.4. The number of carbonyl (C=O) groups excluding carboxylic acids is 1. The fourth-order valence-electron chi connectivity index (χ4n) is 3.00. The van der Waals surface area contributed by atoms with Gasteiger partial charge >= 0.3 is 6.18 Å². The van der Waals surface area contributed by atoms with Gasteiger partial charge in [-0.2, -0.15) is 18.3 Å². The second kappa shape index (κ2) is 11.4. The number of amides is 1. The largest absolute Gasteiger partial charge is 0.489 e. The van der Waals surface area contributed by atoms with Crippen molar-refractivity contribution in [1.82, 2.24) is 5.43 Å². The van der Waals surface area contributed by atoms with Crippen LogP contribution in [0.15, 0.2) is 77.9 Å². The second-order valence-corrected chi connectivity index (χ2v) is 9.88. The van der Waals surface area contributed by atoms with E-state index >= 15 is 0 Å². The van der Waals surface area contributed by atoms with Gasteiger partial charge in [-0.05, 0) is 53.6 Å². The van der Waals surface area contributed by atoms with Crippen LogP contribution in [0.5, 0.6) is 5.75 Å². The maximum absolute atomic E-state index is 13.1. The van der Waals surface area contributed by atoms with Crippen molar-refractivity contribution >= 4 is 39.4 Å². The minimum absolute atomic E-state index is 0.265. The number of hydrazone groups is 1. The first kappa shape index (κ1) is 27.0. The Morgan fingerprint density at radius 1 is 1.08 bits per heavy atom. The number of rotatable bonds is 9. The van der Waals surface area contributed by atoms with E-state index in [9.17, 15) is 26.4 Å². The molecule has 190 valence electrons. The number of ether oxygens (including phenoxy) is 1. The van der Waals surface area contributed by atoms with Gasteiger partial charge in [0.15, 0.2) is 0 Å². The van der Waals surface area contributed by atoms with Gasteiger partial charge in [0.2, 0.25) is 10.0 Å². The summed E-state index contributed by atoms with van der Waals surface area (Å²) in [7, 11) is -4.15. The molecule has 0 aliphatic heterocycles. The van der Waals surface area contributed by atoms with E-state index in [1.54, 1.807) is 24.3 Å². The molecule has 0 spiro atoms. The number of nitrogens with zero attached hydrogens (tertiary/aromatic N) is 2. The number of nitrogens with one attached hydrogen (secondary N) is 1. The summed E-state index contributed by atoms with van der Waals surface area (Å²) in [5.74, 6) is -0.255. The van der Waals surface area contributed by atoms with Crippen LogP contribution in [0.2, 0.25) is 5.02 Å². The number of carbonyl (C=O) groups is 1. The Kier molecular flexibility index (Phi) is 8.59. The number of hydrogen-bond acceptors (Lipinski definition) is 5. The molecule has 0 aliphatic rings. The highest BCUT2D eigenvalue weighted by atomic mass is 35.5. The molecule has 3 rings (SSSR count). The third-order valence-electron chi connectivity index (χ3n) is 4.76. The van der Waals surface area contributed by atoms with Gasteiger partial charge < -0.3 is 4.74 Å². The van der Waals surface area contributed by atoms with Gasteiger partial charge in [0.25, 0.3) is 5.91 Å².